The zero-order valence-corrected chi connectivity index (χ0v) is 13.7. The van der Waals surface area contributed by atoms with Crippen molar-refractivity contribution in [2.45, 2.75) is 31.1 Å². The maximum Gasteiger partial charge on any atom is 0.409 e. The first-order valence-corrected chi connectivity index (χ1v) is 7.99. The van der Waals surface area contributed by atoms with Crippen molar-refractivity contribution < 1.29 is 13.2 Å². The van der Waals surface area contributed by atoms with Gasteiger partial charge in [0.25, 0.3) is 0 Å². The smallest absolute Gasteiger partial charge is 0.380 e. The van der Waals surface area contributed by atoms with Crippen LogP contribution in [0.25, 0.3) is 0 Å². The number of nitrogens with zero attached hydrogens (tertiary/aromatic N) is 1. The molecule has 3 rings (SSSR count). The Morgan fingerprint density at radius 1 is 1.21 bits per heavy atom. The SMILES string of the molecule is CNC(c1ccc(NC2Cc3cccc(Cl)c3C2)cn1)C(F)(F)F. The minimum Gasteiger partial charge on any atom is -0.380 e. The molecule has 0 radical (unpaired) electrons. The number of halogens is 4. The average Bonchev–Trinajstić information content (AvgIpc) is 2.92. The molecule has 128 valence electrons. The molecule has 1 aromatic carbocycles. The van der Waals surface area contributed by atoms with Gasteiger partial charge in [-0.15, -0.1) is 0 Å². The fourth-order valence-corrected chi connectivity index (χ4v) is 3.36. The van der Waals surface area contributed by atoms with Crippen LogP contribution in [-0.2, 0) is 12.8 Å². The molecule has 0 fully saturated rings. The van der Waals surface area contributed by atoms with Gasteiger partial charge in [0.1, 0.15) is 6.04 Å². The summed E-state index contributed by atoms with van der Waals surface area (Å²) in [5.74, 6) is 0. The second-order valence-corrected chi connectivity index (χ2v) is 6.27. The lowest BCUT2D eigenvalue weighted by molar-refractivity contribution is -0.157. The molecule has 1 aromatic heterocycles. The summed E-state index contributed by atoms with van der Waals surface area (Å²) in [5.41, 5.74) is 2.99. The monoisotopic (exact) mass is 355 g/mol. The van der Waals surface area contributed by atoms with Crippen LogP contribution in [0.3, 0.4) is 0 Å². The molecule has 1 heterocycles. The van der Waals surface area contributed by atoms with Crippen LogP contribution in [0.1, 0.15) is 22.9 Å². The van der Waals surface area contributed by atoms with Crippen LogP contribution in [-0.4, -0.2) is 24.2 Å². The highest BCUT2D eigenvalue weighted by atomic mass is 35.5. The molecular weight excluding hydrogens is 339 g/mol. The summed E-state index contributed by atoms with van der Waals surface area (Å²) in [4.78, 5) is 3.95. The Morgan fingerprint density at radius 2 is 2.00 bits per heavy atom. The zero-order valence-electron chi connectivity index (χ0n) is 13.0. The lowest BCUT2D eigenvalue weighted by Crippen LogP contribution is -2.32. The van der Waals surface area contributed by atoms with Crippen molar-refractivity contribution in [1.82, 2.24) is 10.3 Å². The number of benzene rings is 1. The van der Waals surface area contributed by atoms with Crippen molar-refractivity contribution in [3.8, 4) is 0 Å². The van der Waals surface area contributed by atoms with Crippen molar-refractivity contribution in [2.75, 3.05) is 12.4 Å². The third-order valence-corrected chi connectivity index (χ3v) is 4.56. The summed E-state index contributed by atoms with van der Waals surface area (Å²) in [6, 6.07) is 7.26. The highest BCUT2D eigenvalue weighted by Gasteiger charge is 2.40. The van der Waals surface area contributed by atoms with E-state index in [1.807, 2.05) is 18.2 Å². The van der Waals surface area contributed by atoms with E-state index < -0.39 is 12.2 Å². The van der Waals surface area contributed by atoms with Gasteiger partial charge in [-0.2, -0.15) is 13.2 Å². The van der Waals surface area contributed by atoms with Crippen LogP contribution < -0.4 is 10.6 Å². The average molecular weight is 356 g/mol. The van der Waals surface area contributed by atoms with E-state index in [2.05, 4.69) is 15.6 Å². The van der Waals surface area contributed by atoms with Gasteiger partial charge in [-0.3, -0.25) is 4.98 Å². The van der Waals surface area contributed by atoms with Crippen LogP contribution >= 0.6 is 11.6 Å². The number of nitrogens with one attached hydrogen (secondary N) is 2. The summed E-state index contributed by atoms with van der Waals surface area (Å²) in [7, 11) is 1.27. The van der Waals surface area contributed by atoms with Crippen LogP contribution in [0.2, 0.25) is 5.02 Å². The molecule has 3 nitrogen and oxygen atoms in total. The molecule has 0 saturated carbocycles. The second kappa shape index (κ2) is 6.61. The standard InChI is InChI=1S/C17H17ClF3N3/c1-22-16(17(19,20)21)15-6-5-11(9-23-15)24-12-7-10-3-2-4-14(18)13(10)8-12/h2-6,9,12,16,22,24H,7-8H2,1H3. The number of alkyl halides is 3. The summed E-state index contributed by atoms with van der Waals surface area (Å²) in [5, 5.41) is 6.32. The Balaban J connectivity index is 1.69. The van der Waals surface area contributed by atoms with Gasteiger partial charge in [-0.25, -0.2) is 0 Å². The van der Waals surface area contributed by atoms with E-state index in [1.165, 1.54) is 24.9 Å². The molecule has 0 saturated heterocycles. The minimum atomic E-state index is -4.37. The molecule has 7 heteroatoms. The quantitative estimate of drug-likeness (QED) is 0.865. The number of aromatic nitrogens is 1. The van der Waals surface area contributed by atoms with E-state index in [1.54, 1.807) is 6.07 Å². The molecule has 0 spiro atoms. The molecule has 2 unspecified atom stereocenters. The normalized spacial score (nSPS) is 18.3. The molecule has 0 bridgehead atoms. The zero-order chi connectivity index (χ0) is 17.3. The van der Waals surface area contributed by atoms with E-state index in [-0.39, 0.29) is 11.7 Å². The number of anilines is 1. The largest absolute Gasteiger partial charge is 0.409 e. The third-order valence-electron chi connectivity index (χ3n) is 4.20. The first-order valence-electron chi connectivity index (χ1n) is 7.61. The molecule has 24 heavy (non-hydrogen) atoms. The van der Waals surface area contributed by atoms with Gasteiger partial charge < -0.3 is 10.6 Å². The molecule has 1 aliphatic rings. The lowest BCUT2D eigenvalue weighted by Gasteiger charge is -2.20. The van der Waals surface area contributed by atoms with Gasteiger partial charge >= 0.3 is 6.18 Å². The van der Waals surface area contributed by atoms with Gasteiger partial charge in [0.15, 0.2) is 0 Å². The molecule has 1 aliphatic carbocycles. The van der Waals surface area contributed by atoms with Crippen LogP contribution in [0.5, 0.6) is 0 Å². The molecule has 2 N–H and O–H groups in total. The Morgan fingerprint density at radius 3 is 2.58 bits per heavy atom. The van der Waals surface area contributed by atoms with Crippen LogP contribution in [0, 0.1) is 0 Å². The van der Waals surface area contributed by atoms with Crippen molar-refractivity contribution in [3.05, 3.63) is 58.4 Å². The maximum atomic E-state index is 12.9. The van der Waals surface area contributed by atoms with Crippen molar-refractivity contribution >= 4 is 17.3 Å². The van der Waals surface area contributed by atoms with Crippen LogP contribution in [0.4, 0.5) is 18.9 Å². The Labute approximate surface area is 143 Å². The molecular formula is C17H17ClF3N3. The summed E-state index contributed by atoms with van der Waals surface area (Å²) >= 11 is 6.20. The number of fused-ring (bicyclic) bond motifs is 1. The fourth-order valence-electron chi connectivity index (χ4n) is 3.09. The predicted octanol–water partition coefficient (Wildman–Crippen LogP) is 4.14. The number of rotatable bonds is 4. The number of hydrogen-bond acceptors (Lipinski definition) is 3. The number of hydrogen-bond donors (Lipinski definition) is 2. The lowest BCUT2D eigenvalue weighted by atomic mass is 10.1. The van der Waals surface area contributed by atoms with Crippen molar-refractivity contribution in [1.29, 1.82) is 0 Å². The predicted molar refractivity (Wildman–Crippen MR) is 88.4 cm³/mol. The van der Waals surface area contributed by atoms with Gasteiger partial charge in [0.05, 0.1) is 17.6 Å². The van der Waals surface area contributed by atoms with Gasteiger partial charge in [-0.1, -0.05) is 23.7 Å². The Bertz CT molecular complexity index is 716. The van der Waals surface area contributed by atoms with Crippen LogP contribution in [0.15, 0.2) is 36.5 Å². The third kappa shape index (κ3) is 3.49. The molecule has 0 aliphatic heterocycles. The Hall–Kier alpha value is -1.79. The van der Waals surface area contributed by atoms with Gasteiger partial charge in [0.2, 0.25) is 0 Å². The van der Waals surface area contributed by atoms with Gasteiger partial charge in [-0.05, 0) is 49.2 Å². The summed E-state index contributed by atoms with van der Waals surface area (Å²) in [6.07, 6.45) is -1.31. The van der Waals surface area contributed by atoms with E-state index >= 15 is 0 Å². The summed E-state index contributed by atoms with van der Waals surface area (Å²) < 4.78 is 38.7. The first kappa shape index (κ1) is 17.0. The first-order chi connectivity index (χ1) is 11.4. The summed E-state index contributed by atoms with van der Waals surface area (Å²) in [6.45, 7) is 0. The molecule has 2 atom stereocenters. The van der Waals surface area contributed by atoms with Gasteiger partial charge in [0, 0.05) is 11.1 Å². The Kier molecular flexibility index (Phi) is 4.69. The molecule has 2 aromatic rings. The van der Waals surface area contributed by atoms with Crippen molar-refractivity contribution in [3.63, 3.8) is 0 Å². The second-order valence-electron chi connectivity index (χ2n) is 5.86. The molecule has 0 amide bonds. The highest BCUT2D eigenvalue weighted by Crippen LogP contribution is 2.32. The fraction of sp³-hybridized carbons (Fsp3) is 0.353. The van der Waals surface area contributed by atoms with E-state index in [0.29, 0.717) is 5.69 Å². The van der Waals surface area contributed by atoms with E-state index in [4.69, 9.17) is 11.6 Å². The maximum absolute atomic E-state index is 12.9. The van der Waals surface area contributed by atoms with Crippen molar-refractivity contribution in [2.24, 2.45) is 0 Å². The number of pyridine rings is 1. The minimum absolute atomic E-state index is 0.0479. The van der Waals surface area contributed by atoms with E-state index in [9.17, 15) is 13.2 Å². The highest BCUT2D eigenvalue weighted by molar-refractivity contribution is 6.31. The topological polar surface area (TPSA) is 37.0 Å². The van der Waals surface area contributed by atoms with E-state index in [0.717, 1.165) is 23.4 Å².